The van der Waals surface area contributed by atoms with E-state index in [9.17, 15) is 4.79 Å². The number of carbonyl (C=O) groups excluding carboxylic acids is 1. The van der Waals surface area contributed by atoms with Crippen molar-refractivity contribution in [2.24, 2.45) is 0 Å². The van der Waals surface area contributed by atoms with Gasteiger partial charge in [0.25, 0.3) is 0 Å². The topological polar surface area (TPSA) is 32.8 Å². The Hall–Kier alpha value is -0.480. The fourth-order valence-corrected chi connectivity index (χ4v) is 1.19. The molecule has 0 spiro atoms. The molecule has 5 heteroatoms. The smallest absolute Gasteiger partial charge is 0.409 e. The maximum atomic E-state index is 11.1. The van der Waals surface area contributed by atoms with E-state index in [2.05, 4.69) is 4.90 Å². The molecule has 14 heavy (non-hydrogen) atoms. The monoisotopic (exact) mass is 222 g/mol. The molecule has 1 fully saturated rings. The van der Waals surface area contributed by atoms with E-state index < -0.39 is 0 Å². The highest BCUT2D eigenvalue weighted by Crippen LogP contribution is 2.40. The fourth-order valence-electron chi connectivity index (χ4n) is 1.19. The Kier molecular flexibility index (Phi) is 4.68. The van der Waals surface area contributed by atoms with Crippen LogP contribution in [0.5, 0.6) is 0 Å². The zero-order valence-corrected chi connectivity index (χ0v) is 10.1. The maximum absolute atomic E-state index is 11.1. The van der Waals surface area contributed by atoms with E-state index in [-0.39, 0.29) is 24.0 Å². The third kappa shape index (κ3) is 3.03. The highest BCUT2D eigenvalue weighted by Gasteiger charge is 2.46. The van der Waals surface area contributed by atoms with Crippen molar-refractivity contribution in [1.29, 1.82) is 0 Å². The Balaban J connectivity index is 0.00000169. The minimum atomic E-state index is -0.256. The van der Waals surface area contributed by atoms with Crippen LogP contribution in [-0.4, -0.2) is 56.2 Å². The molecule has 0 aliphatic heterocycles. The number of likely N-dealkylation sites (N-methyl/N-ethyl adjacent to an activating group) is 1. The number of rotatable bonds is 3. The zero-order chi connectivity index (χ0) is 10.1. The summed E-state index contributed by atoms with van der Waals surface area (Å²) in [5.41, 5.74) is 0.131. The van der Waals surface area contributed by atoms with E-state index in [4.69, 9.17) is 4.74 Å². The van der Waals surface area contributed by atoms with Crippen LogP contribution in [0.1, 0.15) is 12.8 Å². The molecule has 0 atom stereocenters. The first-order valence-electron chi connectivity index (χ1n) is 4.49. The molecular weight excluding hydrogens is 204 g/mol. The van der Waals surface area contributed by atoms with E-state index in [1.807, 2.05) is 14.1 Å². The summed E-state index contributed by atoms with van der Waals surface area (Å²) in [6.45, 7) is 0.511. The molecule has 0 bridgehead atoms. The number of amides is 1. The van der Waals surface area contributed by atoms with Crippen LogP contribution in [0.25, 0.3) is 0 Å². The molecule has 4 nitrogen and oxygen atoms in total. The van der Waals surface area contributed by atoms with E-state index in [1.54, 1.807) is 14.1 Å². The van der Waals surface area contributed by atoms with E-state index >= 15 is 0 Å². The van der Waals surface area contributed by atoms with Gasteiger partial charge in [0.1, 0.15) is 6.61 Å². The molecule has 1 rings (SSSR count). The number of ether oxygens (including phenoxy) is 1. The lowest BCUT2D eigenvalue weighted by Crippen LogP contribution is -2.37. The molecule has 0 N–H and O–H groups in total. The summed E-state index contributed by atoms with van der Waals surface area (Å²) in [5, 5.41) is 0. The van der Waals surface area contributed by atoms with Crippen molar-refractivity contribution < 1.29 is 9.53 Å². The summed E-state index contributed by atoms with van der Waals surface area (Å²) < 4.78 is 5.14. The van der Waals surface area contributed by atoms with Crippen LogP contribution in [0.2, 0.25) is 0 Å². The predicted octanol–water partition coefficient (Wildman–Crippen LogP) is 1.20. The molecule has 1 aliphatic rings. The summed E-state index contributed by atoms with van der Waals surface area (Å²) in [6, 6.07) is 0. The number of carbonyl (C=O) groups is 1. The average molecular weight is 223 g/mol. The van der Waals surface area contributed by atoms with Gasteiger partial charge in [-0.25, -0.2) is 4.79 Å². The Morgan fingerprint density at radius 2 is 1.79 bits per heavy atom. The van der Waals surface area contributed by atoms with Gasteiger partial charge in [0.15, 0.2) is 0 Å². The third-order valence-electron chi connectivity index (χ3n) is 2.61. The lowest BCUT2D eigenvalue weighted by atomic mass is 10.3. The van der Waals surface area contributed by atoms with Crippen LogP contribution in [-0.2, 0) is 4.74 Å². The molecule has 0 aromatic carbocycles. The van der Waals surface area contributed by atoms with Crippen molar-refractivity contribution in [3.8, 4) is 0 Å². The largest absolute Gasteiger partial charge is 0.447 e. The fraction of sp³-hybridized carbons (Fsp3) is 0.889. The van der Waals surface area contributed by atoms with Gasteiger partial charge in [-0.1, -0.05) is 0 Å². The van der Waals surface area contributed by atoms with Crippen molar-refractivity contribution in [2.75, 3.05) is 34.8 Å². The zero-order valence-electron chi connectivity index (χ0n) is 9.24. The SMILES string of the molecule is CN(C)C(=O)OCC1(N(C)C)CC1.Cl. The summed E-state index contributed by atoms with van der Waals surface area (Å²) in [5.74, 6) is 0. The average Bonchev–Trinajstić information content (AvgIpc) is 2.80. The van der Waals surface area contributed by atoms with Crippen LogP contribution >= 0.6 is 12.4 Å². The summed E-state index contributed by atoms with van der Waals surface area (Å²) in [7, 11) is 7.43. The molecule has 84 valence electrons. The third-order valence-corrected chi connectivity index (χ3v) is 2.61. The predicted molar refractivity (Wildman–Crippen MR) is 57.9 cm³/mol. The van der Waals surface area contributed by atoms with Gasteiger partial charge in [-0.05, 0) is 26.9 Å². The van der Waals surface area contributed by atoms with Crippen LogP contribution in [0.3, 0.4) is 0 Å². The minimum absolute atomic E-state index is 0. The lowest BCUT2D eigenvalue weighted by Gasteiger charge is -2.23. The van der Waals surface area contributed by atoms with E-state index in [0.29, 0.717) is 6.61 Å². The molecule has 1 aliphatic carbocycles. The van der Waals surface area contributed by atoms with E-state index in [0.717, 1.165) is 12.8 Å². The Bertz CT molecular complexity index is 203. The van der Waals surface area contributed by atoms with E-state index in [1.165, 1.54) is 4.90 Å². The second kappa shape index (κ2) is 4.84. The molecule has 0 radical (unpaired) electrons. The number of nitrogens with zero attached hydrogens (tertiary/aromatic N) is 2. The maximum Gasteiger partial charge on any atom is 0.409 e. The quantitative estimate of drug-likeness (QED) is 0.720. The molecule has 0 unspecified atom stereocenters. The van der Waals surface area contributed by atoms with Gasteiger partial charge in [0, 0.05) is 14.1 Å². The number of halogens is 1. The number of hydrogen-bond donors (Lipinski definition) is 0. The molecule has 0 saturated heterocycles. The molecule has 1 saturated carbocycles. The van der Waals surface area contributed by atoms with Crippen LogP contribution in [0.4, 0.5) is 4.79 Å². The standard InChI is InChI=1S/C9H18N2O2.ClH/c1-10(2)8(12)13-7-9(5-6-9)11(3)4;/h5-7H2,1-4H3;1H. The van der Waals surface area contributed by atoms with Crippen molar-refractivity contribution in [3.63, 3.8) is 0 Å². The summed E-state index contributed by atoms with van der Waals surface area (Å²) in [6.07, 6.45) is 2.00. The van der Waals surface area contributed by atoms with Crippen LogP contribution < -0.4 is 0 Å². The Morgan fingerprint density at radius 3 is 2.07 bits per heavy atom. The lowest BCUT2D eigenvalue weighted by molar-refractivity contribution is 0.0812. The van der Waals surface area contributed by atoms with Crippen molar-refractivity contribution in [1.82, 2.24) is 9.80 Å². The van der Waals surface area contributed by atoms with Crippen molar-refractivity contribution >= 4 is 18.5 Å². The highest BCUT2D eigenvalue weighted by molar-refractivity contribution is 5.85. The van der Waals surface area contributed by atoms with Crippen molar-refractivity contribution in [2.45, 2.75) is 18.4 Å². The van der Waals surface area contributed by atoms with Gasteiger partial charge in [0.05, 0.1) is 5.54 Å². The van der Waals surface area contributed by atoms with Gasteiger partial charge in [-0.3, -0.25) is 0 Å². The van der Waals surface area contributed by atoms with Gasteiger partial charge >= 0.3 is 6.09 Å². The molecule has 0 heterocycles. The first kappa shape index (κ1) is 13.5. The van der Waals surface area contributed by atoms with Crippen LogP contribution in [0.15, 0.2) is 0 Å². The van der Waals surface area contributed by atoms with Gasteiger partial charge in [-0.2, -0.15) is 0 Å². The Morgan fingerprint density at radius 1 is 1.29 bits per heavy atom. The van der Waals surface area contributed by atoms with Gasteiger partial charge in [0.2, 0.25) is 0 Å². The molecule has 0 aromatic rings. The van der Waals surface area contributed by atoms with Gasteiger partial charge in [-0.15, -0.1) is 12.4 Å². The van der Waals surface area contributed by atoms with Gasteiger partial charge < -0.3 is 14.5 Å². The highest BCUT2D eigenvalue weighted by atomic mass is 35.5. The van der Waals surface area contributed by atoms with Crippen molar-refractivity contribution in [3.05, 3.63) is 0 Å². The normalized spacial score (nSPS) is 17.2. The number of hydrogen-bond acceptors (Lipinski definition) is 3. The second-order valence-electron chi connectivity index (χ2n) is 4.07. The first-order valence-corrected chi connectivity index (χ1v) is 4.49. The minimum Gasteiger partial charge on any atom is -0.447 e. The first-order chi connectivity index (χ1) is 5.98. The Labute approximate surface area is 91.6 Å². The molecule has 0 aromatic heterocycles. The summed E-state index contributed by atoms with van der Waals surface area (Å²) >= 11 is 0. The second-order valence-corrected chi connectivity index (χ2v) is 4.07. The molecule has 1 amide bonds. The molecular formula is C9H19ClN2O2. The van der Waals surface area contributed by atoms with Crippen LogP contribution in [0, 0.1) is 0 Å². The summed E-state index contributed by atoms with van der Waals surface area (Å²) in [4.78, 5) is 14.7.